The number of anilines is 1. The predicted molar refractivity (Wildman–Crippen MR) is 79.5 cm³/mol. The summed E-state index contributed by atoms with van der Waals surface area (Å²) >= 11 is 0. The van der Waals surface area contributed by atoms with E-state index in [1.807, 2.05) is 0 Å². The molecule has 1 aliphatic heterocycles. The Morgan fingerprint density at radius 3 is 2.77 bits per heavy atom. The molecule has 1 heterocycles. The summed E-state index contributed by atoms with van der Waals surface area (Å²) in [4.78, 5) is 24.5. The van der Waals surface area contributed by atoms with Gasteiger partial charge in [0.25, 0.3) is 11.6 Å². The van der Waals surface area contributed by atoms with Gasteiger partial charge in [0.2, 0.25) is 0 Å². The summed E-state index contributed by atoms with van der Waals surface area (Å²) in [6.07, 6.45) is 1.53. The van der Waals surface area contributed by atoms with Crippen LogP contribution in [0.4, 0.5) is 15.8 Å². The van der Waals surface area contributed by atoms with Crippen LogP contribution in [0, 0.1) is 15.9 Å². The minimum absolute atomic E-state index is 0.0577. The lowest BCUT2D eigenvalue weighted by atomic mass is 10.00. The Kier molecular flexibility index (Phi) is 3.58. The average molecular weight is 300 g/mol. The van der Waals surface area contributed by atoms with Crippen LogP contribution in [0.1, 0.15) is 22.3 Å². The van der Waals surface area contributed by atoms with E-state index in [0.717, 1.165) is 18.4 Å². The molecule has 0 radical (unpaired) electrons. The number of nitro benzene ring substituents is 1. The predicted octanol–water partition coefficient (Wildman–Crippen LogP) is 3.33. The van der Waals surface area contributed by atoms with Crippen molar-refractivity contribution >= 4 is 17.3 Å². The zero-order valence-electron chi connectivity index (χ0n) is 11.7. The van der Waals surface area contributed by atoms with Gasteiger partial charge in [0, 0.05) is 24.2 Å². The first kappa shape index (κ1) is 14.2. The van der Waals surface area contributed by atoms with Gasteiger partial charge in [-0.25, -0.2) is 4.39 Å². The number of amides is 1. The van der Waals surface area contributed by atoms with Crippen molar-refractivity contribution in [2.75, 3.05) is 11.4 Å². The molecule has 0 N–H and O–H groups in total. The van der Waals surface area contributed by atoms with E-state index >= 15 is 0 Å². The van der Waals surface area contributed by atoms with Gasteiger partial charge in [-0.1, -0.05) is 12.1 Å². The number of hydrogen-bond acceptors (Lipinski definition) is 3. The Morgan fingerprint density at radius 2 is 2.05 bits per heavy atom. The highest BCUT2D eigenvalue weighted by Crippen LogP contribution is 2.31. The molecule has 0 spiro atoms. The summed E-state index contributed by atoms with van der Waals surface area (Å²) < 4.78 is 13.3. The molecule has 3 rings (SSSR count). The van der Waals surface area contributed by atoms with Crippen LogP contribution in [0.3, 0.4) is 0 Å². The Bertz CT molecular complexity index is 761. The third kappa shape index (κ3) is 2.55. The molecule has 0 bridgehead atoms. The van der Waals surface area contributed by atoms with E-state index in [9.17, 15) is 19.3 Å². The molecule has 0 saturated heterocycles. The molecule has 0 saturated carbocycles. The average Bonchev–Trinajstić information content (AvgIpc) is 2.53. The largest absolute Gasteiger partial charge is 0.308 e. The van der Waals surface area contributed by atoms with Crippen molar-refractivity contribution < 1.29 is 14.1 Å². The van der Waals surface area contributed by atoms with Gasteiger partial charge < -0.3 is 4.90 Å². The molecule has 0 fully saturated rings. The number of rotatable bonds is 2. The Balaban J connectivity index is 2.02. The summed E-state index contributed by atoms with van der Waals surface area (Å²) in [5, 5.41) is 10.9. The maximum absolute atomic E-state index is 13.3. The first-order chi connectivity index (χ1) is 10.6. The molecule has 112 valence electrons. The van der Waals surface area contributed by atoms with E-state index in [2.05, 4.69) is 0 Å². The molecule has 1 aliphatic rings. The zero-order valence-corrected chi connectivity index (χ0v) is 11.7. The molecule has 0 unspecified atom stereocenters. The highest BCUT2D eigenvalue weighted by atomic mass is 19.1. The van der Waals surface area contributed by atoms with Gasteiger partial charge in [-0.3, -0.25) is 14.9 Å². The zero-order chi connectivity index (χ0) is 15.7. The molecule has 2 aromatic carbocycles. The molecule has 22 heavy (non-hydrogen) atoms. The number of hydrogen-bond donors (Lipinski definition) is 0. The topological polar surface area (TPSA) is 63.5 Å². The smallest absolute Gasteiger partial charge is 0.271 e. The second-order valence-corrected chi connectivity index (χ2v) is 5.14. The van der Waals surface area contributed by atoms with Gasteiger partial charge in [0.05, 0.1) is 10.6 Å². The fourth-order valence-electron chi connectivity index (χ4n) is 2.66. The van der Waals surface area contributed by atoms with Crippen LogP contribution in [0.5, 0.6) is 0 Å². The van der Waals surface area contributed by atoms with E-state index in [4.69, 9.17) is 0 Å². The minimum Gasteiger partial charge on any atom is -0.308 e. The number of non-ortho nitro benzene ring substituents is 1. The molecule has 0 aliphatic carbocycles. The molecule has 0 aromatic heterocycles. The standard InChI is InChI=1S/C16H13FN2O3/c17-13-5-1-3-12(9-13)16(20)18-8-2-4-11-6-7-14(19(21)22)10-15(11)18/h1,3,5-7,9-10H,2,4,8H2. The van der Waals surface area contributed by atoms with E-state index in [-0.39, 0.29) is 17.2 Å². The number of nitro groups is 1. The van der Waals surface area contributed by atoms with Gasteiger partial charge in [-0.2, -0.15) is 0 Å². The number of fused-ring (bicyclic) bond motifs is 1. The maximum atomic E-state index is 13.3. The number of benzene rings is 2. The SMILES string of the molecule is O=C(c1cccc(F)c1)N1CCCc2ccc([N+](=O)[O-])cc21. The van der Waals surface area contributed by atoms with Gasteiger partial charge in [0.1, 0.15) is 5.82 Å². The van der Waals surface area contributed by atoms with Crippen LogP contribution in [0.15, 0.2) is 42.5 Å². The summed E-state index contributed by atoms with van der Waals surface area (Å²) in [6, 6.07) is 9.98. The van der Waals surface area contributed by atoms with Crippen molar-refractivity contribution in [1.29, 1.82) is 0 Å². The molecule has 2 aromatic rings. The van der Waals surface area contributed by atoms with Crippen LogP contribution < -0.4 is 4.90 Å². The van der Waals surface area contributed by atoms with Crippen molar-refractivity contribution in [3.8, 4) is 0 Å². The minimum atomic E-state index is -0.486. The Hall–Kier alpha value is -2.76. The summed E-state index contributed by atoms with van der Waals surface area (Å²) in [7, 11) is 0. The normalized spacial score (nSPS) is 13.6. The van der Waals surface area contributed by atoms with Crippen LogP contribution in [-0.2, 0) is 6.42 Å². The molecule has 1 amide bonds. The quantitative estimate of drug-likeness (QED) is 0.631. The molecule has 5 nitrogen and oxygen atoms in total. The lowest BCUT2D eigenvalue weighted by Crippen LogP contribution is -2.35. The number of nitrogens with zero attached hydrogens (tertiary/aromatic N) is 2. The summed E-state index contributed by atoms with van der Waals surface area (Å²) in [6.45, 7) is 0.462. The van der Waals surface area contributed by atoms with Crippen LogP contribution in [0.25, 0.3) is 0 Å². The monoisotopic (exact) mass is 300 g/mol. The van der Waals surface area contributed by atoms with Crippen LogP contribution in [0.2, 0.25) is 0 Å². The highest BCUT2D eigenvalue weighted by Gasteiger charge is 2.25. The van der Waals surface area contributed by atoms with Gasteiger partial charge >= 0.3 is 0 Å². The first-order valence-corrected chi connectivity index (χ1v) is 6.91. The summed E-state index contributed by atoms with van der Waals surface area (Å²) in [5.74, 6) is -0.830. The lowest BCUT2D eigenvalue weighted by Gasteiger charge is -2.29. The van der Waals surface area contributed by atoms with Gasteiger partial charge in [-0.15, -0.1) is 0 Å². The molecular weight excluding hydrogens is 287 g/mol. The molecular formula is C16H13FN2O3. The van der Waals surface area contributed by atoms with E-state index in [0.29, 0.717) is 12.2 Å². The Morgan fingerprint density at radius 1 is 1.23 bits per heavy atom. The number of halogens is 1. The fraction of sp³-hybridized carbons (Fsp3) is 0.188. The van der Waals surface area contributed by atoms with Gasteiger partial charge in [-0.05, 0) is 36.6 Å². The molecule has 6 heteroatoms. The van der Waals surface area contributed by atoms with Crippen molar-refractivity contribution in [3.05, 3.63) is 69.5 Å². The second kappa shape index (κ2) is 5.55. The van der Waals surface area contributed by atoms with E-state index < -0.39 is 10.7 Å². The first-order valence-electron chi connectivity index (χ1n) is 6.91. The van der Waals surface area contributed by atoms with Crippen molar-refractivity contribution in [2.45, 2.75) is 12.8 Å². The number of carbonyl (C=O) groups excluding carboxylic acids is 1. The van der Waals surface area contributed by atoms with Crippen LogP contribution >= 0.6 is 0 Å². The van der Waals surface area contributed by atoms with Crippen molar-refractivity contribution in [3.63, 3.8) is 0 Å². The van der Waals surface area contributed by atoms with Crippen molar-refractivity contribution in [1.82, 2.24) is 0 Å². The van der Waals surface area contributed by atoms with Crippen molar-refractivity contribution in [2.24, 2.45) is 0 Å². The highest BCUT2D eigenvalue weighted by molar-refractivity contribution is 6.06. The van der Waals surface area contributed by atoms with Crippen LogP contribution in [-0.4, -0.2) is 17.4 Å². The third-order valence-corrected chi connectivity index (χ3v) is 3.72. The second-order valence-electron chi connectivity index (χ2n) is 5.14. The maximum Gasteiger partial charge on any atom is 0.271 e. The third-order valence-electron chi connectivity index (χ3n) is 3.72. The van der Waals surface area contributed by atoms with Gasteiger partial charge in [0.15, 0.2) is 0 Å². The van der Waals surface area contributed by atoms with E-state index in [1.54, 1.807) is 6.07 Å². The number of carbonyl (C=O) groups is 1. The lowest BCUT2D eigenvalue weighted by molar-refractivity contribution is -0.384. The fourth-order valence-corrected chi connectivity index (χ4v) is 2.66. The molecule has 0 atom stereocenters. The Labute approximate surface area is 126 Å². The van der Waals surface area contributed by atoms with E-state index in [1.165, 1.54) is 41.3 Å². The number of aryl methyl sites for hydroxylation is 1. The summed E-state index contributed by atoms with van der Waals surface area (Å²) in [5.41, 5.74) is 1.60.